The van der Waals surface area contributed by atoms with Gasteiger partial charge < -0.3 is 24.3 Å². The summed E-state index contributed by atoms with van der Waals surface area (Å²) in [6.45, 7) is -0.661. The number of hydrogen-bond acceptors (Lipinski definition) is 8. The molecule has 16 heteroatoms. The molecule has 228 valence electrons. The molecular weight excluding hydrogens is 589 g/mol. The van der Waals surface area contributed by atoms with E-state index in [4.69, 9.17) is 9.79 Å². The molecule has 1 amide bonds. The minimum atomic E-state index is -4.75. The zero-order valence-corrected chi connectivity index (χ0v) is 24.1. The number of para-hydroxylation sites is 1. The molecule has 0 unspecified atom stereocenters. The van der Waals surface area contributed by atoms with Gasteiger partial charge in [-0.05, 0) is 30.7 Å². The third-order valence-electron chi connectivity index (χ3n) is 7.23. The molecule has 0 spiro atoms. The van der Waals surface area contributed by atoms with E-state index in [-0.39, 0.29) is 23.9 Å². The Morgan fingerprint density at radius 2 is 1.84 bits per heavy atom. The van der Waals surface area contributed by atoms with Crippen LogP contribution in [-0.4, -0.2) is 78.8 Å². The summed E-state index contributed by atoms with van der Waals surface area (Å²) < 4.78 is 48.9. The summed E-state index contributed by atoms with van der Waals surface area (Å²) in [6.07, 6.45) is 3.30. The first-order valence-electron chi connectivity index (χ1n) is 13.2. The van der Waals surface area contributed by atoms with Gasteiger partial charge in [-0.15, -0.1) is 0 Å². The van der Waals surface area contributed by atoms with E-state index in [1.807, 2.05) is 17.9 Å². The van der Waals surface area contributed by atoms with E-state index >= 15 is 0 Å². The molecule has 1 aliphatic heterocycles. The van der Waals surface area contributed by atoms with Gasteiger partial charge in [-0.2, -0.15) is 8.78 Å². The summed E-state index contributed by atoms with van der Waals surface area (Å²) in [6, 6.07) is 11.4. The van der Waals surface area contributed by atoms with E-state index in [0.717, 1.165) is 5.56 Å². The largest absolute Gasteiger partial charge is 0.470 e. The number of carbonyl (C=O) groups is 1. The third kappa shape index (κ3) is 6.75. The van der Waals surface area contributed by atoms with Crippen molar-refractivity contribution in [2.24, 2.45) is 7.05 Å². The van der Waals surface area contributed by atoms with Crippen molar-refractivity contribution in [2.75, 3.05) is 31.1 Å². The van der Waals surface area contributed by atoms with Crippen LogP contribution < -0.4 is 15.2 Å². The second-order valence-electron chi connectivity index (χ2n) is 10.0. The van der Waals surface area contributed by atoms with Gasteiger partial charge in [0.25, 0.3) is 5.56 Å². The number of piperazine rings is 1. The number of fused-ring (bicyclic) bond motifs is 1. The number of hydrogen-bond donors (Lipinski definition) is 2. The third-order valence-corrected chi connectivity index (χ3v) is 7.69. The maximum atomic E-state index is 13.0. The lowest BCUT2D eigenvalue weighted by atomic mass is 10.1. The Hall–Kier alpha value is -4.17. The van der Waals surface area contributed by atoms with Crippen molar-refractivity contribution in [2.45, 2.75) is 26.1 Å². The van der Waals surface area contributed by atoms with Gasteiger partial charge in [-0.25, -0.2) is 14.5 Å². The molecule has 5 rings (SSSR count). The summed E-state index contributed by atoms with van der Waals surface area (Å²) >= 11 is 0. The van der Waals surface area contributed by atoms with Crippen LogP contribution in [-0.2, 0) is 27.5 Å². The SMILES string of the molecule is C[C@@H]1CN(c2ncc(-c3ccc4c(=O)n(C)n(Cc5ccccc5OC(F)F)c4c3)cn2)CCN1C(=O)COP(=O)(O)O. The van der Waals surface area contributed by atoms with Gasteiger partial charge in [0, 0.05) is 56.2 Å². The molecule has 0 aliphatic carbocycles. The predicted octanol–water partition coefficient (Wildman–Crippen LogP) is 2.59. The molecule has 2 aromatic heterocycles. The van der Waals surface area contributed by atoms with Crippen molar-refractivity contribution < 1.29 is 37.2 Å². The monoisotopic (exact) mass is 618 g/mol. The fourth-order valence-electron chi connectivity index (χ4n) is 5.11. The standard InChI is InChI=1S/C27H29F2N6O7P/c1-17-14-33(9-10-34(17)24(36)16-41-43(38,39)40)27-30-12-20(13-31-27)18-7-8-21-22(11-18)35(32(2)25(21)37)15-19-5-3-4-6-23(19)42-26(28)29/h3-8,11-13,17,26H,9-10,14-16H2,1-2H3,(H2,38,39,40)/t17-/m1/s1. The van der Waals surface area contributed by atoms with Crippen molar-refractivity contribution >= 4 is 30.6 Å². The van der Waals surface area contributed by atoms with Crippen LogP contribution in [0.3, 0.4) is 0 Å². The average Bonchev–Trinajstić information content (AvgIpc) is 3.20. The number of amides is 1. The van der Waals surface area contributed by atoms with E-state index in [0.29, 0.717) is 47.6 Å². The molecule has 3 heterocycles. The topological polar surface area (TPSA) is 152 Å². The molecule has 2 aromatic carbocycles. The van der Waals surface area contributed by atoms with E-state index in [1.54, 1.807) is 54.5 Å². The number of carbonyl (C=O) groups excluding carboxylic acids is 1. The minimum Gasteiger partial charge on any atom is -0.434 e. The second-order valence-corrected chi connectivity index (χ2v) is 11.3. The number of rotatable bonds is 9. The molecule has 4 aromatic rings. The summed E-state index contributed by atoms with van der Waals surface area (Å²) in [5.74, 6) is -0.0463. The Bertz CT molecular complexity index is 1740. The van der Waals surface area contributed by atoms with Gasteiger partial charge in [0.15, 0.2) is 0 Å². The fourth-order valence-corrected chi connectivity index (χ4v) is 5.39. The van der Waals surface area contributed by atoms with E-state index in [9.17, 15) is 22.9 Å². The molecule has 0 saturated carbocycles. The van der Waals surface area contributed by atoms with Crippen molar-refractivity contribution in [3.05, 3.63) is 70.8 Å². The Balaban J connectivity index is 1.34. The number of nitrogens with zero attached hydrogens (tertiary/aromatic N) is 6. The first-order valence-corrected chi connectivity index (χ1v) is 14.7. The van der Waals surface area contributed by atoms with Crippen LogP contribution in [0.4, 0.5) is 14.7 Å². The zero-order valence-electron chi connectivity index (χ0n) is 23.2. The molecule has 13 nitrogen and oxygen atoms in total. The number of aromatic nitrogens is 4. The number of phosphoric ester groups is 1. The number of ether oxygens (including phenoxy) is 1. The summed E-state index contributed by atoms with van der Waals surface area (Å²) in [5.41, 5.74) is 2.27. The van der Waals surface area contributed by atoms with E-state index in [1.165, 1.54) is 15.6 Å². The van der Waals surface area contributed by atoms with Gasteiger partial charge in [-0.1, -0.05) is 24.3 Å². The van der Waals surface area contributed by atoms with Crippen LogP contribution in [0.2, 0.25) is 0 Å². The first-order chi connectivity index (χ1) is 20.4. The molecular formula is C27H29F2N6O7P. The Morgan fingerprint density at radius 3 is 2.51 bits per heavy atom. The highest BCUT2D eigenvalue weighted by molar-refractivity contribution is 7.46. The van der Waals surface area contributed by atoms with Crippen molar-refractivity contribution in [3.8, 4) is 16.9 Å². The molecule has 1 fully saturated rings. The van der Waals surface area contributed by atoms with Gasteiger partial charge in [0.2, 0.25) is 11.9 Å². The maximum absolute atomic E-state index is 13.0. The average molecular weight is 619 g/mol. The molecule has 1 saturated heterocycles. The highest BCUT2D eigenvalue weighted by atomic mass is 31.2. The number of alkyl halides is 2. The van der Waals surface area contributed by atoms with Gasteiger partial charge in [0.05, 0.1) is 17.4 Å². The van der Waals surface area contributed by atoms with Crippen LogP contribution in [0, 0.1) is 0 Å². The van der Waals surface area contributed by atoms with Crippen molar-refractivity contribution in [3.63, 3.8) is 0 Å². The molecule has 0 radical (unpaired) electrons. The number of anilines is 1. The lowest BCUT2D eigenvalue weighted by molar-refractivity contribution is -0.136. The Labute approximate surface area is 244 Å². The normalized spacial score (nSPS) is 15.8. The number of halogens is 2. The molecule has 1 atom stereocenters. The van der Waals surface area contributed by atoms with Crippen LogP contribution in [0.25, 0.3) is 22.0 Å². The first kappa shape index (κ1) is 30.3. The van der Waals surface area contributed by atoms with Crippen molar-refractivity contribution in [1.29, 1.82) is 0 Å². The molecule has 43 heavy (non-hydrogen) atoms. The quantitative estimate of drug-likeness (QED) is 0.268. The highest BCUT2D eigenvalue weighted by Crippen LogP contribution is 2.35. The second kappa shape index (κ2) is 12.2. The van der Waals surface area contributed by atoms with Crippen LogP contribution in [0.15, 0.2) is 59.7 Å². The van der Waals surface area contributed by atoms with Crippen LogP contribution in [0.5, 0.6) is 5.75 Å². The smallest absolute Gasteiger partial charge is 0.434 e. The highest BCUT2D eigenvalue weighted by Gasteiger charge is 2.30. The van der Waals surface area contributed by atoms with Crippen LogP contribution in [0.1, 0.15) is 12.5 Å². The van der Waals surface area contributed by atoms with Crippen molar-refractivity contribution in [1.82, 2.24) is 24.2 Å². The fraction of sp³-hybridized carbons (Fsp3) is 0.333. The predicted molar refractivity (Wildman–Crippen MR) is 152 cm³/mol. The lowest BCUT2D eigenvalue weighted by Crippen LogP contribution is -2.55. The van der Waals surface area contributed by atoms with Gasteiger partial charge in [0.1, 0.15) is 12.4 Å². The number of benzene rings is 2. The summed E-state index contributed by atoms with van der Waals surface area (Å²) in [7, 11) is -3.14. The molecule has 1 aliphatic rings. The lowest BCUT2D eigenvalue weighted by Gasteiger charge is -2.39. The summed E-state index contributed by atoms with van der Waals surface area (Å²) in [5, 5.41) is 0.462. The maximum Gasteiger partial charge on any atom is 0.470 e. The minimum absolute atomic E-state index is 0.0286. The molecule has 2 N–H and O–H groups in total. The summed E-state index contributed by atoms with van der Waals surface area (Å²) in [4.78, 5) is 55.4. The van der Waals surface area contributed by atoms with Crippen LogP contribution >= 0.6 is 7.82 Å². The van der Waals surface area contributed by atoms with Gasteiger partial charge >= 0.3 is 14.4 Å². The van der Waals surface area contributed by atoms with Gasteiger partial charge in [-0.3, -0.25) is 23.5 Å². The molecule has 0 bridgehead atoms. The van der Waals surface area contributed by atoms with E-state index in [2.05, 4.69) is 19.2 Å². The Kier molecular flexibility index (Phi) is 8.60. The Morgan fingerprint density at radius 1 is 1.12 bits per heavy atom. The zero-order chi connectivity index (χ0) is 30.9. The van der Waals surface area contributed by atoms with E-state index < -0.39 is 26.9 Å². The number of phosphoric acid groups is 1.